The molecular formula is C23H31N3O3S. The molecule has 1 atom stereocenters. The second kappa shape index (κ2) is 10.2. The van der Waals surface area contributed by atoms with E-state index in [4.69, 9.17) is 0 Å². The Morgan fingerprint density at radius 3 is 2.33 bits per heavy atom. The van der Waals surface area contributed by atoms with E-state index >= 15 is 0 Å². The topological polar surface area (TPSA) is 79.4 Å². The largest absolute Gasteiger partial charge is 0.310 e. The van der Waals surface area contributed by atoms with E-state index in [0.29, 0.717) is 24.8 Å². The van der Waals surface area contributed by atoms with Gasteiger partial charge in [-0.3, -0.25) is 4.79 Å². The summed E-state index contributed by atoms with van der Waals surface area (Å²) in [5.74, 6) is 0.614. The highest BCUT2D eigenvalue weighted by molar-refractivity contribution is 7.89. The SMILES string of the molecule is CCN(CC)S(=O)(=O)c1ccc(C(CC2CCCC2)C(=O)Nc2ccccn2)cc1. The van der Waals surface area contributed by atoms with E-state index in [9.17, 15) is 13.2 Å². The van der Waals surface area contributed by atoms with Crippen molar-refractivity contribution >= 4 is 21.7 Å². The lowest BCUT2D eigenvalue weighted by Crippen LogP contribution is -2.30. The molecule has 1 heterocycles. The number of carbonyl (C=O) groups is 1. The Morgan fingerprint density at radius 2 is 1.77 bits per heavy atom. The molecular weight excluding hydrogens is 398 g/mol. The molecule has 1 aliphatic carbocycles. The third-order valence-corrected chi connectivity index (χ3v) is 7.97. The standard InChI is InChI=1S/C23H31N3O3S/c1-3-26(4-2)30(28,29)20-14-12-19(13-15-20)21(17-18-9-5-6-10-18)23(27)25-22-11-7-8-16-24-22/h7-8,11-16,18,21H,3-6,9-10,17H2,1-2H3,(H,24,25,27). The van der Waals surface area contributed by atoms with Crippen LogP contribution in [0.1, 0.15) is 57.4 Å². The molecule has 1 N–H and O–H groups in total. The molecule has 3 rings (SSSR count). The summed E-state index contributed by atoms with van der Waals surface area (Å²) in [6, 6.07) is 12.2. The molecule has 1 aliphatic rings. The van der Waals surface area contributed by atoms with Crippen molar-refractivity contribution < 1.29 is 13.2 Å². The number of aromatic nitrogens is 1. The van der Waals surface area contributed by atoms with E-state index in [0.717, 1.165) is 24.8 Å². The number of nitrogens with one attached hydrogen (secondary N) is 1. The molecule has 0 radical (unpaired) electrons. The predicted octanol–water partition coefficient (Wildman–Crippen LogP) is 4.41. The molecule has 1 saturated carbocycles. The number of carbonyl (C=O) groups excluding carboxylic acids is 1. The average Bonchev–Trinajstić information content (AvgIpc) is 3.27. The third kappa shape index (κ3) is 5.26. The lowest BCUT2D eigenvalue weighted by molar-refractivity contribution is -0.118. The van der Waals surface area contributed by atoms with Gasteiger partial charge in [-0.15, -0.1) is 0 Å². The predicted molar refractivity (Wildman–Crippen MR) is 119 cm³/mol. The van der Waals surface area contributed by atoms with Crippen LogP contribution in [0.25, 0.3) is 0 Å². The van der Waals surface area contributed by atoms with Crippen molar-refractivity contribution in [1.82, 2.24) is 9.29 Å². The first-order chi connectivity index (χ1) is 14.5. The first-order valence-electron chi connectivity index (χ1n) is 10.8. The van der Waals surface area contributed by atoms with Gasteiger partial charge in [0.2, 0.25) is 15.9 Å². The zero-order valence-corrected chi connectivity index (χ0v) is 18.6. The maximum Gasteiger partial charge on any atom is 0.243 e. The Kier molecular flexibility index (Phi) is 7.61. The second-order valence-corrected chi connectivity index (χ2v) is 9.74. The molecule has 0 spiro atoms. The summed E-state index contributed by atoms with van der Waals surface area (Å²) in [7, 11) is -3.51. The first-order valence-corrected chi connectivity index (χ1v) is 12.2. The van der Waals surface area contributed by atoms with Gasteiger partial charge in [0.1, 0.15) is 5.82 Å². The maximum atomic E-state index is 13.1. The van der Waals surface area contributed by atoms with Gasteiger partial charge in [-0.25, -0.2) is 13.4 Å². The fourth-order valence-electron chi connectivity index (χ4n) is 4.21. The molecule has 7 heteroatoms. The molecule has 1 aromatic heterocycles. The van der Waals surface area contributed by atoms with Crippen LogP contribution in [0.2, 0.25) is 0 Å². The van der Waals surface area contributed by atoms with Crippen molar-refractivity contribution in [2.24, 2.45) is 5.92 Å². The van der Waals surface area contributed by atoms with Gasteiger partial charge in [-0.2, -0.15) is 4.31 Å². The molecule has 30 heavy (non-hydrogen) atoms. The number of anilines is 1. The summed E-state index contributed by atoms with van der Waals surface area (Å²) in [6.45, 7) is 4.51. The molecule has 1 aromatic carbocycles. The highest BCUT2D eigenvalue weighted by Gasteiger charge is 2.28. The van der Waals surface area contributed by atoms with Crippen LogP contribution in [-0.2, 0) is 14.8 Å². The Bertz CT molecular complexity index is 920. The van der Waals surface area contributed by atoms with Gasteiger partial charge in [0.15, 0.2) is 0 Å². The first kappa shape index (κ1) is 22.4. The number of sulfonamides is 1. The van der Waals surface area contributed by atoms with Crippen molar-refractivity contribution in [2.45, 2.75) is 56.8 Å². The zero-order chi connectivity index (χ0) is 21.6. The van der Waals surface area contributed by atoms with Crippen LogP contribution >= 0.6 is 0 Å². The van der Waals surface area contributed by atoms with Gasteiger partial charge in [0.05, 0.1) is 10.8 Å². The zero-order valence-electron chi connectivity index (χ0n) is 17.8. The van der Waals surface area contributed by atoms with Crippen LogP contribution in [0.3, 0.4) is 0 Å². The quantitative estimate of drug-likeness (QED) is 0.640. The van der Waals surface area contributed by atoms with Crippen LogP contribution in [0.4, 0.5) is 5.82 Å². The van der Waals surface area contributed by atoms with E-state index < -0.39 is 10.0 Å². The second-order valence-electron chi connectivity index (χ2n) is 7.80. The molecule has 0 bridgehead atoms. The molecule has 1 fully saturated rings. The van der Waals surface area contributed by atoms with Gasteiger partial charge in [-0.1, -0.05) is 57.7 Å². The smallest absolute Gasteiger partial charge is 0.243 e. The summed E-state index contributed by atoms with van der Waals surface area (Å²) < 4.78 is 27.0. The highest BCUT2D eigenvalue weighted by atomic mass is 32.2. The van der Waals surface area contributed by atoms with Crippen LogP contribution in [-0.4, -0.2) is 36.7 Å². The number of pyridine rings is 1. The minimum absolute atomic E-state index is 0.0973. The molecule has 1 amide bonds. The number of amides is 1. The number of rotatable bonds is 9. The van der Waals surface area contributed by atoms with E-state index in [-0.39, 0.29) is 16.7 Å². The third-order valence-electron chi connectivity index (χ3n) is 5.90. The van der Waals surface area contributed by atoms with Crippen molar-refractivity contribution in [3.8, 4) is 0 Å². The fraction of sp³-hybridized carbons (Fsp3) is 0.478. The number of nitrogens with zero attached hydrogens (tertiary/aromatic N) is 2. The van der Waals surface area contributed by atoms with Gasteiger partial charge >= 0.3 is 0 Å². The Hall–Kier alpha value is -2.25. The molecule has 6 nitrogen and oxygen atoms in total. The number of benzene rings is 1. The average molecular weight is 430 g/mol. The van der Waals surface area contributed by atoms with Gasteiger partial charge in [0.25, 0.3) is 0 Å². The number of hydrogen-bond acceptors (Lipinski definition) is 4. The lowest BCUT2D eigenvalue weighted by Gasteiger charge is -2.22. The van der Waals surface area contributed by atoms with Crippen LogP contribution in [0.15, 0.2) is 53.6 Å². The summed E-state index contributed by atoms with van der Waals surface area (Å²) in [5, 5.41) is 2.92. The summed E-state index contributed by atoms with van der Waals surface area (Å²) >= 11 is 0. The Balaban J connectivity index is 1.84. The van der Waals surface area contributed by atoms with E-state index in [1.807, 2.05) is 19.9 Å². The Labute approximate surface area is 179 Å². The molecule has 2 aromatic rings. The number of hydrogen-bond donors (Lipinski definition) is 1. The summed E-state index contributed by atoms with van der Waals surface area (Å²) in [6.07, 6.45) is 7.11. The monoisotopic (exact) mass is 429 g/mol. The van der Waals surface area contributed by atoms with Crippen molar-refractivity contribution in [1.29, 1.82) is 0 Å². The minimum atomic E-state index is -3.51. The van der Waals surface area contributed by atoms with E-state index in [1.54, 1.807) is 42.6 Å². The van der Waals surface area contributed by atoms with E-state index in [2.05, 4.69) is 10.3 Å². The van der Waals surface area contributed by atoms with Crippen LogP contribution in [0.5, 0.6) is 0 Å². The fourth-order valence-corrected chi connectivity index (χ4v) is 5.67. The Morgan fingerprint density at radius 1 is 1.10 bits per heavy atom. The van der Waals surface area contributed by atoms with Crippen molar-refractivity contribution in [3.05, 3.63) is 54.2 Å². The van der Waals surface area contributed by atoms with Gasteiger partial charge in [-0.05, 0) is 42.2 Å². The van der Waals surface area contributed by atoms with Gasteiger partial charge in [0, 0.05) is 19.3 Å². The minimum Gasteiger partial charge on any atom is -0.310 e. The van der Waals surface area contributed by atoms with Crippen LogP contribution in [0, 0.1) is 5.92 Å². The maximum absolute atomic E-state index is 13.1. The normalized spacial score (nSPS) is 16.0. The lowest BCUT2D eigenvalue weighted by atomic mass is 9.87. The molecule has 0 aliphatic heterocycles. The highest BCUT2D eigenvalue weighted by Crippen LogP contribution is 2.35. The van der Waals surface area contributed by atoms with Crippen molar-refractivity contribution in [3.63, 3.8) is 0 Å². The molecule has 162 valence electrons. The van der Waals surface area contributed by atoms with Gasteiger partial charge < -0.3 is 5.32 Å². The molecule has 0 saturated heterocycles. The summed E-state index contributed by atoms with van der Waals surface area (Å²) in [5.41, 5.74) is 0.842. The van der Waals surface area contributed by atoms with E-state index in [1.165, 1.54) is 17.1 Å². The molecule has 1 unspecified atom stereocenters. The van der Waals surface area contributed by atoms with Crippen molar-refractivity contribution in [2.75, 3.05) is 18.4 Å². The van der Waals surface area contributed by atoms with Crippen LogP contribution < -0.4 is 5.32 Å². The summed E-state index contributed by atoms with van der Waals surface area (Å²) in [4.78, 5) is 17.6.